The van der Waals surface area contributed by atoms with Crippen LogP contribution in [-0.2, 0) is 12.1 Å². The summed E-state index contributed by atoms with van der Waals surface area (Å²) in [5, 5.41) is 0. The summed E-state index contributed by atoms with van der Waals surface area (Å²) >= 11 is 3.37. The Hall–Kier alpha value is -1.69. The van der Waals surface area contributed by atoms with Crippen LogP contribution in [0.25, 0.3) is 0 Å². The van der Waals surface area contributed by atoms with Crippen LogP contribution >= 0.6 is 15.9 Å². The molecule has 1 aromatic carbocycles. The first-order chi connectivity index (χ1) is 9.40. The van der Waals surface area contributed by atoms with Crippen LogP contribution in [0.2, 0.25) is 0 Å². The maximum Gasteiger partial charge on any atom is 0.145 e. The average molecular weight is 337 g/mol. The van der Waals surface area contributed by atoms with E-state index in [-0.39, 0.29) is 5.82 Å². The number of benzene rings is 1. The molecule has 1 atom stereocenters. The maximum atomic E-state index is 14.2. The largest absolute Gasteiger partial charge is 0.382 e. The normalized spacial score (nSPS) is 21.5. The van der Waals surface area contributed by atoms with Gasteiger partial charge in [0.25, 0.3) is 0 Å². The van der Waals surface area contributed by atoms with Crippen molar-refractivity contribution >= 4 is 21.8 Å². The van der Waals surface area contributed by atoms with Gasteiger partial charge in [0.2, 0.25) is 0 Å². The fourth-order valence-electron chi connectivity index (χ4n) is 2.68. The molecule has 6 heteroatoms. The summed E-state index contributed by atoms with van der Waals surface area (Å²) in [6, 6.07) is 4.86. The molecule has 0 saturated heterocycles. The minimum atomic E-state index is -0.738. The van der Waals surface area contributed by atoms with Gasteiger partial charge in [-0.3, -0.25) is 4.99 Å². The second-order valence-electron chi connectivity index (χ2n) is 5.20. The van der Waals surface area contributed by atoms with Gasteiger partial charge in [-0.25, -0.2) is 9.37 Å². The lowest BCUT2D eigenvalue weighted by Gasteiger charge is -2.32. The molecule has 2 heterocycles. The van der Waals surface area contributed by atoms with Gasteiger partial charge in [0.05, 0.1) is 18.6 Å². The van der Waals surface area contributed by atoms with Gasteiger partial charge >= 0.3 is 0 Å². The van der Waals surface area contributed by atoms with Crippen molar-refractivity contribution in [1.29, 1.82) is 0 Å². The van der Waals surface area contributed by atoms with Crippen LogP contribution in [0.3, 0.4) is 0 Å². The van der Waals surface area contributed by atoms with E-state index in [1.165, 1.54) is 6.07 Å². The van der Waals surface area contributed by atoms with E-state index in [0.29, 0.717) is 17.9 Å². The van der Waals surface area contributed by atoms with Gasteiger partial charge in [-0.2, -0.15) is 0 Å². The third-order valence-electron chi connectivity index (χ3n) is 3.62. The lowest BCUT2D eigenvalue weighted by molar-refractivity contribution is 0.384. The Morgan fingerprint density at radius 3 is 2.95 bits per heavy atom. The van der Waals surface area contributed by atoms with Gasteiger partial charge in [-0.15, -0.1) is 0 Å². The van der Waals surface area contributed by atoms with Crippen molar-refractivity contribution in [2.45, 2.75) is 25.9 Å². The molecule has 2 aromatic rings. The monoisotopic (exact) mass is 336 g/mol. The number of aryl methyl sites for hydroxylation is 1. The molecule has 0 aliphatic carbocycles. The number of nitrogens with zero attached hydrogens (tertiary/aromatic N) is 3. The molecule has 0 bridgehead atoms. The van der Waals surface area contributed by atoms with E-state index >= 15 is 0 Å². The van der Waals surface area contributed by atoms with Crippen molar-refractivity contribution in [2.75, 3.05) is 0 Å². The summed E-state index contributed by atoms with van der Waals surface area (Å²) in [5.41, 5.74) is 7.48. The van der Waals surface area contributed by atoms with E-state index < -0.39 is 5.54 Å². The second kappa shape index (κ2) is 4.41. The molecule has 3 rings (SSSR count). The number of amidine groups is 1. The van der Waals surface area contributed by atoms with Crippen LogP contribution < -0.4 is 5.73 Å². The van der Waals surface area contributed by atoms with Crippen LogP contribution in [-0.4, -0.2) is 15.4 Å². The number of aromatic nitrogens is 2. The van der Waals surface area contributed by atoms with Crippen LogP contribution in [0.5, 0.6) is 0 Å². The molecule has 0 unspecified atom stereocenters. The van der Waals surface area contributed by atoms with Crippen molar-refractivity contribution in [3.8, 4) is 0 Å². The molecule has 0 amide bonds. The highest BCUT2D eigenvalue weighted by atomic mass is 79.9. The Morgan fingerprint density at radius 2 is 2.20 bits per heavy atom. The van der Waals surface area contributed by atoms with E-state index in [1.807, 2.05) is 18.4 Å². The van der Waals surface area contributed by atoms with E-state index in [0.717, 1.165) is 15.9 Å². The molecule has 1 aliphatic rings. The second-order valence-corrected chi connectivity index (χ2v) is 6.12. The highest BCUT2D eigenvalue weighted by Gasteiger charge is 2.35. The summed E-state index contributed by atoms with van der Waals surface area (Å²) in [7, 11) is 0. The fraction of sp³-hybridized carbons (Fsp3) is 0.286. The number of nitrogens with two attached hydrogens (primary N) is 1. The topological polar surface area (TPSA) is 56.2 Å². The predicted molar refractivity (Wildman–Crippen MR) is 79.1 cm³/mol. The SMILES string of the molecule is Cc1ncn2c1C(N)=N[C@](C)(c1cc(Br)ccc1F)C2. The molecule has 1 aliphatic heterocycles. The van der Waals surface area contributed by atoms with Crippen molar-refractivity contribution < 1.29 is 4.39 Å². The molecule has 104 valence electrons. The van der Waals surface area contributed by atoms with Gasteiger partial charge in [0.1, 0.15) is 22.9 Å². The summed E-state index contributed by atoms with van der Waals surface area (Å²) in [6.07, 6.45) is 1.72. The highest BCUT2D eigenvalue weighted by molar-refractivity contribution is 9.10. The summed E-state index contributed by atoms with van der Waals surface area (Å²) < 4.78 is 16.9. The fourth-order valence-corrected chi connectivity index (χ4v) is 3.04. The molecule has 0 fully saturated rings. The molecule has 0 saturated carbocycles. The number of hydrogen-bond donors (Lipinski definition) is 1. The third kappa shape index (κ3) is 1.95. The van der Waals surface area contributed by atoms with Crippen LogP contribution in [0.15, 0.2) is 34.0 Å². The smallest absolute Gasteiger partial charge is 0.145 e. The Kier molecular flexibility index (Phi) is 2.93. The number of hydrogen-bond acceptors (Lipinski definition) is 3. The first kappa shape index (κ1) is 13.3. The molecular formula is C14H14BrFN4. The van der Waals surface area contributed by atoms with Gasteiger partial charge < -0.3 is 10.3 Å². The molecule has 0 radical (unpaired) electrons. The van der Waals surface area contributed by atoms with Crippen molar-refractivity contribution in [3.05, 3.63) is 51.8 Å². The first-order valence-corrected chi connectivity index (χ1v) is 7.03. The Balaban J connectivity index is 2.16. The van der Waals surface area contributed by atoms with E-state index in [9.17, 15) is 4.39 Å². The number of halogens is 2. The molecule has 20 heavy (non-hydrogen) atoms. The first-order valence-electron chi connectivity index (χ1n) is 6.24. The predicted octanol–water partition coefficient (Wildman–Crippen LogP) is 2.73. The van der Waals surface area contributed by atoms with Crippen molar-refractivity contribution in [3.63, 3.8) is 0 Å². The van der Waals surface area contributed by atoms with Crippen molar-refractivity contribution in [2.24, 2.45) is 10.7 Å². The Bertz CT molecular complexity index is 722. The van der Waals surface area contributed by atoms with Gasteiger partial charge in [0.15, 0.2) is 0 Å². The number of fused-ring (bicyclic) bond motifs is 1. The third-order valence-corrected chi connectivity index (χ3v) is 4.11. The quantitative estimate of drug-likeness (QED) is 0.870. The lowest BCUT2D eigenvalue weighted by Crippen LogP contribution is -2.37. The molecule has 4 nitrogen and oxygen atoms in total. The van der Waals surface area contributed by atoms with E-state index in [1.54, 1.807) is 18.5 Å². The van der Waals surface area contributed by atoms with Crippen molar-refractivity contribution in [1.82, 2.24) is 9.55 Å². The van der Waals surface area contributed by atoms with Crippen LogP contribution in [0, 0.1) is 12.7 Å². The number of rotatable bonds is 1. The molecular weight excluding hydrogens is 323 g/mol. The molecule has 1 aromatic heterocycles. The zero-order chi connectivity index (χ0) is 14.5. The number of aliphatic imine (C=N–C) groups is 1. The minimum absolute atomic E-state index is 0.285. The maximum absolute atomic E-state index is 14.2. The standard InChI is InChI=1S/C14H14BrFN4/c1-8-12-13(17)19-14(2,6-20(12)7-18-8)10-5-9(15)3-4-11(10)16/h3-5,7H,6H2,1-2H3,(H2,17,19)/t14-/m0/s1. The van der Waals surface area contributed by atoms with Gasteiger partial charge in [0, 0.05) is 10.0 Å². The summed E-state index contributed by atoms with van der Waals surface area (Å²) in [6.45, 7) is 4.27. The van der Waals surface area contributed by atoms with Gasteiger partial charge in [-0.1, -0.05) is 15.9 Å². The average Bonchev–Trinajstić information content (AvgIpc) is 2.73. The Morgan fingerprint density at radius 1 is 1.45 bits per heavy atom. The van der Waals surface area contributed by atoms with E-state index in [2.05, 4.69) is 25.9 Å². The van der Waals surface area contributed by atoms with E-state index in [4.69, 9.17) is 5.73 Å². The minimum Gasteiger partial charge on any atom is -0.382 e. The lowest BCUT2D eigenvalue weighted by atomic mass is 9.90. The Labute approximate surface area is 124 Å². The summed E-state index contributed by atoms with van der Waals surface area (Å²) in [4.78, 5) is 8.78. The molecule has 0 spiro atoms. The zero-order valence-corrected chi connectivity index (χ0v) is 12.8. The zero-order valence-electron chi connectivity index (χ0n) is 11.2. The summed E-state index contributed by atoms with van der Waals surface area (Å²) in [5.74, 6) is 0.112. The highest BCUT2D eigenvalue weighted by Crippen LogP contribution is 2.35. The van der Waals surface area contributed by atoms with Crippen LogP contribution in [0.1, 0.15) is 23.9 Å². The van der Waals surface area contributed by atoms with Crippen LogP contribution in [0.4, 0.5) is 4.39 Å². The number of imidazole rings is 1. The molecule has 2 N–H and O–H groups in total. The van der Waals surface area contributed by atoms with Gasteiger partial charge in [-0.05, 0) is 32.0 Å².